The number of hydrogen-bond acceptors (Lipinski definition) is 4. The first-order chi connectivity index (χ1) is 9.75. The van der Waals surface area contributed by atoms with Gasteiger partial charge >= 0.3 is 0 Å². The van der Waals surface area contributed by atoms with E-state index in [0.717, 1.165) is 51.1 Å². The fourth-order valence-electron chi connectivity index (χ4n) is 2.18. The quantitative estimate of drug-likeness (QED) is 0.725. The van der Waals surface area contributed by atoms with Crippen LogP contribution in [0.25, 0.3) is 0 Å². The molecule has 1 heterocycles. The predicted molar refractivity (Wildman–Crippen MR) is 79.2 cm³/mol. The van der Waals surface area contributed by atoms with Crippen LogP contribution >= 0.6 is 11.6 Å². The average molecular weight is 300 g/mol. The monoisotopic (exact) mass is 299 g/mol. The van der Waals surface area contributed by atoms with Crippen molar-refractivity contribution in [3.05, 3.63) is 28.8 Å². The summed E-state index contributed by atoms with van der Waals surface area (Å²) in [4.78, 5) is 0. The van der Waals surface area contributed by atoms with Gasteiger partial charge in [-0.2, -0.15) is 0 Å². The molecule has 2 rings (SSSR count). The number of hydrogen-bond donors (Lipinski definition) is 2. The number of benzene rings is 1. The zero-order chi connectivity index (χ0) is 14.2. The Morgan fingerprint density at radius 1 is 1.45 bits per heavy atom. The maximum atomic E-state index is 9.32. The first kappa shape index (κ1) is 15.6. The number of halogens is 1. The second kappa shape index (κ2) is 8.47. The third-order valence-electron chi connectivity index (χ3n) is 3.31. The van der Waals surface area contributed by atoms with Crippen LogP contribution in [0.2, 0.25) is 5.02 Å². The second-order valence-corrected chi connectivity index (χ2v) is 5.43. The van der Waals surface area contributed by atoms with E-state index in [9.17, 15) is 5.11 Å². The summed E-state index contributed by atoms with van der Waals surface area (Å²) in [6.45, 7) is 3.98. The minimum absolute atomic E-state index is 0.123. The Balaban J connectivity index is 1.49. The molecule has 0 aliphatic carbocycles. The first-order valence-corrected chi connectivity index (χ1v) is 7.51. The van der Waals surface area contributed by atoms with E-state index < -0.39 is 0 Å². The van der Waals surface area contributed by atoms with Gasteiger partial charge in [-0.25, -0.2) is 0 Å². The number of rotatable bonds is 8. The van der Waals surface area contributed by atoms with Crippen molar-refractivity contribution in [2.75, 3.05) is 26.4 Å². The summed E-state index contributed by atoms with van der Waals surface area (Å²) in [6, 6.07) is 5.25. The Bertz CT molecular complexity index is 408. The highest BCUT2D eigenvalue weighted by atomic mass is 35.5. The SMILES string of the molecule is Oc1ccc(CNCCCOCC2CCCO2)cc1Cl. The number of phenols is 1. The van der Waals surface area contributed by atoms with Crippen LogP contribution in [-0.4, -0.2) is 37.6 Å². The third-order valence-corrected chi connectivity index (χ3v) is 3.61. The minimum atomic E-state index is 0.123. The molecule has 5 heteroatoms. The van der Waals surface area contributed by atoms with E-state index in [-0.39, 0.29) is 5.75 Å². The van der Waals surface area contributed by atoms with Crippen molar-refractivity contribution in [3.63, 3.8) is 0 Å². The average Bonchev–Trinajstić information content (AvgIpc) is 2.95. The Morgan fingerprint density at radius 3 is 3.10 bits per heavy atom. The van der Waals surface area contributed by atoms with Crippen molar-refractivity contribution in [1.82, 2.24) is 5.32 Å². The molecule has 1 aliphatic heterocycles. The van der Waals surface area contributed by atoms with Gasteiger partial charge in [-0.3, -0.25) is 0 Å². The molecule has 1 atom stereocenters. The summed E-state index contributed by atoms with van der Waals surface area (Å²) in [6.07, 6.45) is 3.56. The highest BCUT2D eigenvalue weighted by Gasteiger charge is 2.14. The zero-order valence-corrected chi connectivity index (χ0v) is 12.4. The van der Waals surface area contributed by atoms with Crippen LogP contribution in [0, 0.1) is 0 Å². The van der Waals surface area contributed by atoms with E-state index in [1.165, 1.54) is 0 Å². The van der Waals surface area contributed by atoms with E-state index in [1.807, 2.05) is 6.07 Å². The Hall–Kier alpha value is -0.810. The first-order valence-electron chi connectivity index (χ1n) is 7.13. The van der Waals surface area contributed by atoms with Crippen LogP contribution in [0.15, 0.2) is 18.2 Å². The molecular formula is C15H22ClNO3. The van der Waals surface area contributed by atoms with Gasteiger partial charge in [0.05, 0.1) is 17.7 Å². The largest absolute Gasteiger partial charge is 0.506 e. The van der Waals surface area contributed by atoms with Crippen LogP contribution in [0.3, 0.4) is 0 Å². The lowest BCUT2D eigenvalue weighted by Crippen LogP contribution is -2.18. The molecule has 0 bridgehead atoms. The van der Waals surface area contributed by atoms with Crippen molar-refractivity contribution in [1.29, 1.82) is 0 Å². The highest BCUT2D eigenvalue weighted by Crippen LogP contribution is 2.23. The van der Waals surface area contributed by atoms with Crippen molar-refractivity contribution in [2.45, 2.75) is 31.9 Å². The molecule has 1 unspecified atom stereocenters. The summed E-state index contributed by atoms with van der Waals surface area (Å²) < 4.78 is 11.1. The fourth-order valence-corrected chi connectivity index (χ4v) is 2.39. The van der Waals surface area contributed by atoms with Crippen molar-refractivity contribution in [3.8, 4) is 5.75 Å². The third kappa shape index (κ3) is 5.29. The molecule has 112 valence electrons. The van der Waals surface area contributed by atoms with Crippen LogP contribution in [-0.2, 0) is 16.0 Å². The topological polar surface area (TPSA) is 50.7 Å². The molecule has 1 fully saturated rings. The second-order valence-electron chi connectivity index (χ2n) is 5.03. The molecule has 4 nitrogen and oxygen atoms in total. The number of ether oxygens (including phenoxy) is 2. The maximum absolute atomic E-state index is 9.32. The Morgan fingerprint density at radius 2 is 2.35 bits per heavy atom. The van der Waals surface area contributed by atoms with E-state index >= 15 is 0 Å². The normalized spacial score (nSPS) is 18.6. The Labute approximate surface area is 125 Å². The van der Waals surface area contributed by atoms with Gasteiger partial charge in [-0.05, 0) is 43.5 Å². The summed E-state index contributed by atoms with van der Waals surface area (Å²) in [5.74, 6) is 0.123. The number of nitrogens with one attached hydrogen (secondary N) is 1. The molecule has 0 saturated carbocycles. The van der Waals surface area contributed by atoms with Gasteiger partial charge in [-0.15, -0.1) is 0 Å². The lowest BCUT2D eigenvalue weighted by atomic mass is 10.2. The maximum Gasteiger partial charge on any atom is 0.134 e. The summed E-state index contributed by atoms with van der Waals surface area (Å²) >= 11 is 5.85. The van der Waals surface area contributed by atoms with E-state index in [4.69, 9.17) is 21.1 Å². The standard InChI is InChI=1S/C15H22ClNO3/c16-14-9-12(4-5-15(14)18)10-17-6-2-7-19-11-13-3-1-8-20-13/h4-5,9,13,17-18H,1-3,6-8,10-11H2. The summed E-state index contributed by atoms with van der Waals surface area (Å²) in [5.41, 5.74) is 1.06. The van der Waals surface area contributed by atoms with Crippen molar-refractivity contribution < 1.29 is 14.6 Å². The molecule has 0 aromatic heterocycles. The molecule has 1 aromatic carbocycles. The summed E-state index contributed by atoms with van der Waals surface area (Å²) in [5, 5.41) is 13.0. The zero-order valence-electron chi connectivity index (χ0n) is 11.6. The fraction of sp³-hybridized carbons (Fsp3) is 0.600. The van der Waals surface area contributed by atoms with Gasteiger partial charge in [0, 0.05) is 19.8 Å². The lowest BCUT2D eigenvalue weighted by Gasteiger charge is -2.10. The molecule has 0 radical (unpaired) electrons. The Kier molecular flexibility index (Phi) is 6.60. The minimum Gasteiger partial charge on any atom is -0.506 e. The van der Waals surface area contributed by atoms with Crippen LogP contribution < -0.4 is 5.32 Å². The molecule has 20 heavy (non-hydrogen) atoms. The van der Waals surface area contributed by atoms with Crippen molar-refractivity contribution >= 4 is 11.6 Å². The van der Waals surface area contributed by atoms with Gasteiger partial charge < -0.3 is 19.9 Å². The van der Waals surface area contributed by atoms with Crippen LogP contribution in [0.5, 0.6) is 5.75 Å². The molecular weight excluding hydrogens is 278 g/mol. The number of aromatic hydroxyl groups is 1. The molecule has 1 saturated heterocycles. The van der Waals surface area contributed by atoms with E-state index in [1.54, 1.807) is 12.1 Å². The highest BCUT2D eigenvalue weighted by molar-refractivity contribution is 6.32. The van der Waals surface area contributed by atoms with Gasteiger partial charge in [0.15, 0.2) is 0 Å². The van der Waals surface area contributed by atoms with Crippen LogP contribution in [0.4, 0.5) is 0 Å². The van der Waals surface area contributed by atoms with Gasteiger partial charge in [0.25, 0.3) is 0 Å². The lowest BCUT2D eigenvalue weighted by molar-refractivity contribution is 0.0166. The smallest absolute Gasteiger partial charge is 0.134 e. The van der Waals surface area contributed by atoms with Gasteiger partial charge in [0.1, 0.15) is 5.75 Å². The van der Waals surface area contributed by atoms with Gasteiger partial charge in [0.2, 0.25) is 0 Å². The molecule has 0 spiro atoms. The van der Waals surface area contributed by atoms with Crippen LogP contribution in [0.1, 0.15) is 24.8 Å². The molecule has 0 amide bonds. The molecule has 1 aliphatic rings. The molecule has 1 aromatic rings. The van der Waals surface area contributed by atoms with Gasteiger partial charge in [-0.1, -0.05) is 17.7 Å². The van der Waals surface area contributed by atoms with E-state index in [0.29, 0.717) is 17.7 Å². The van der Waals surface area contributed by atoms with E-state index in [2.05, 4.69) is 5.32 Å². The van der Waals surface area contributed by atoms with Crippen molar-refractivity contribution in [2.24, 2.45) is 0 Å². The summed E-state index contributed by atoms with van der Waals surface area (Å²) in [7, 11) is 0. The predicted octanol–water partition coefficient (Wildman–Crippen LogP) is 2.72. The molecule has 2 N–H and O–H groups in total. The number of phenolic OH excluding ortho intramolecular Hbond substituents is 1.